The van der Waals surface area contributed by atoms with Crippen LogP contribution in [-0.4, -0.2) is 22.7 Å². The van der Waals surface area contributed by atoms with Gasteiger partial charge in [-0.05, 0) is 47.5 Å². The number of hydrogen-bond acceptors (Lipinski definition) is 3. The fourth-order valence-electron chi connectivity index (χ4n) is 1.51. The molecule has 0 aliphatic rings. The Morgan fingerprint density at radius 1 is 1.47 bits per heavy atom. The molecule has 0 saturated carbocycles. The number of aromatic nitrogens is 2. The van der Waals surface area contributed by atoms with Crippen molar-refractivity contribution in [2.24, 2.45) is 0 Å². The zero-order chi connectivity index (χ0) is 13.8. The second-order valence-electron chi connectivity index (χ2n) is 4.20. The van der Waals surface area contributed by atoms with Gasteiger partial charge in [-0.25, -0.2) is 0 Å². The van der Waals surface area contributed by atoms with E-state index in [4.69, 9.17) is 4.74 Å². The molecule has 0 atom stereocenters. The van der Waals surface area contributed by atoms with Gasteiger partial charge in [-0.3, -0.25) is 9.89 Å². The number of aromatic amines is 1. The summed E-state index contributed by atoms with van der Waals surface area (Å²) in [5, 5.41) is 9.23. The summed E-state index contributed by atoms with van der Waals surface area (Å²) in [5.74, 6) is 0.999. The summed E-state index contributed by atoms with van der Waals surface area (Å²) in [6.45, 7) is 3.79. The van der Waals surface area contributed by atoms with Gasteiger partial charge in [0.25, 0.3) is 5.91 Å². The fourth-order valence-corrected chi connectivity index (χ4v) is 2.12. The van der Waals surface area contributed by atoms with E-state index in [-0.39, 0.29) is 12.5 Å². The molecular formula is C13H14BrN3O2. The molecular weight excluding hydrogens is 310 g/mol. The Kier molecular flexibility index (Phi) is 4.21. The number of nitrogens with one attached hydrogen (secondary N) is 2. The number of amides is 1. The number of aryl methyl sites for hydroxylation is 2. The highest BCUT2D eigenvalue weighted by Gasteiger charge is 2.08. The molecule has 1 aromatic carbocycles. The largest absolute Gasteiger partial charge is 0.483 e. The third kappa shape index (κ3) is 3.57. The maximum atomic E-state index is 11.7. The third-order valence-electron chi connectivity index (χ3n) is 2.54. The normalized spacial score (nSPS) is 10.3. The Bertz CT molecular complexity index is 595. The topological polar surface area (TPSA) is 67.0 Å². The lowest BCUT2D eigenvalue weighted by atomic mass is 10.2. The molecule has 1 heterocycles. The van der Waals surface area contributed by atoms with Gasteiger partial charge in [0.2, 0.25) is 0 Å². The van der Waals surface area contributed by atoms with Crippen LogP contribution in [0.1, 0.15) is 11.1 Å². The van der Waals surface area contributed by atoms with Crippen molar-refractivity contribution in [1.29, 1.82) is 0 Å². The Morgan fingerprint density at radius 3 is 2.89 bits per heavy atom. The van der Waals surface area contributed by atoms with Crippen molar-refractivity contribution in [3.05, 3.63) is 40.0 Å². The standard InChI is InChI=1S/C13H14BrN3O2/c1-8-3-4-11(10(14)5-8)19-7-12(18)16-13-9(2)6-15-17-13/h3-6H,7H2,1-2H3,(H2,15,16,17,18). The molecule has 0 unspecified atom stereocenters. The number of rotatable bonds is 4. The maximum Gasteiger partial charge on any atom is 0.263 e. The summed E-state index contributed by atoms with van der Waals surface area (Å²) in [6.07, 6.45) is 1.65. The number of hydrogen-bond donors (Lipinski definition) is 2. The van der Waals surface area contributed by atoms with Gasteiger partial charge in [-0.2, -0.15) is 5.10 Å². The lowest BCUT2D eigenvalue weighted by Gasteiger charge is -2.09. The van der Waals surface area contributed by atoms with Gasteiger partial charge in [0, 0.05) is 5.56 Å². The highest BCUT2D eigenvalue weighted by molar-refractivity contribution is 9.10. The van der Waals surface area contributed by atoms with E-state index in [9.17, 15) is 4.79 Å². The molecule has 5 nitrogen and oxygen atoms in total. The zero-order valence-electron chi connectivity index (χ0n) is 10.7. The Morgan fingerprint density at radius 2 is 2.26 bits per heavy atom. The van der Waals surface area contributed by atoms with E-state index in [1.165, 1.54) is 0 Å². The van der Waals surface area contributed by atoms with Gasteiger partial charge in [0.1, 0.15) is 11.6 Å². The predicted molar refractivity (Wildman–Crippen MR) is 76.3 cm³/mol. The summed E-state index contributed by atoms with van der Waals surface area (Å²) < 4.78 is 6.28. The number of nitrogens with zero attached hydrogens (tertiary/aromatic N) is 1. The molecule has 19 heavy (non-hydrogen) atoms. The second kappa shape index (κ2) is 5.88. The molecule has 0 fully saturated rings. The third-order valence-corrected chi connectivity index (χ3v) is 3.16. The summed E-state index contributed by atoms with van der Waals surface area (Å²) in [5.41, 5.74) is 2.00. The fraction of sp³-hybridized carbons (Fsp3) is 0.231. The minimum atomic E-state index is -0.236. The van der Waals surface area contributed by atoms with Crippen molar-refractivity contribution in [3.63, 3.8) is 0 Å². The van der Waals surface area contributed by atoms with Crippen molar-refractivity contribution in [3.8, 4) is 5.75 Å². The van der Waals surface area contributed by atoms with Crippen molar-refractivity contribution >= 4 is 27.7 Å². The van der Waals surface area contributed by atoms with Crippen LogP contribution in [-0.2, 0) is 4.79 Å². The molecule has 0 radical (unpaired) electrons. The Balaban J connectivity index is 1.92. The number of halogens is 1. The first-order chi connectivity index (χ1) is 9.06. The number of carbonyl (C=O) groups excluding carboxylic acids is 1. The van der Waals surface area contributed by atoms with E-state index in [1.807, 2.05) is 32.0 Å². The van der Waals surface area contributed by atoms with Crippen LogP contribution in [0.5, 0.6) is 5.75 Å². The second-order valence-corrected chi connectivity index (χ2v) is 5.05. The van der Waals surface area contributed by atoms with Gasteiger partial charge in [0.15, 0.2) is 6.61 Å². The van der Waals surface area contributed by atoms with Crippen molar-refractivity contribution in [2.75, 3.05) is 11.9 Å². The first-order valence-corrected chi connectivity index (χ1v) is 6.54. The van der Waals surface area contributed by atoms with Gasteiger partial charge >= 0.3 is 0 Å². The average molecular weight is 324 g/mol. The van der Waals surface area contributed by atoms with Crippen LogP contribution in [0.15, 0.2) is 28.9 Å². The van der Waals surface area contributed by atoms with Crippen molar-refractivity contribution < 1.29 is 9.53 Å². The molecule has 1 amide bonds. The van der Waals surface area contributed by atoms with Crippen LogP contribution >= 0.6 is 15.9 Å². The molecule has 0 saturated heterocycles. The van der Waals surface area contributed by atoms with Gasteiger partial charge in [-0.15, -0.1) is 0 Å². The highest BCUT2D eigenvalue weighted by Crippen LogP contribution is 2.25. The van der Waals surface area contributed by atoms with Gasteiger partial charge in [0.05, 0.1) is 10.7 Å². The van der Waals surface area contributed by atoms with E-state index >= 15 is 0 Å². The van der Waals surface area contributed by atoms with E-state index in [1.54, 1.807) is 6.20 Å². The smallest absolute Gasteiger partial charge is 0.263 e. The van der Waals surface area contributed by atoms with E-state index < -0.39 is 0 Å². The number of benzene rings is 1. The molecule has 0 bridgehead atoms. The van der Waals surface area contributed by atoms with Gasteiger partial charge in [-0.1, -0.05) is 6.07 Å². The molecule has 0 aliphatic heterocycles. The number of anilines is 1. The van der Waals surface area contributed by atoms with Crippen LogP contribution < -0.4 is 10.1 Å². The maximum absolute atomic E-state index is 11.7. The first-order valence-electron chi connectivity index (χ1n) is 5.75. The van der Waals surface area contributed by atoms with Gasteiger partial charge < -0.3 is 10.1 Å². The monoisotopic (exact) mass is 323 g/mol. The van der Waals surface area contributed by atoms with Crippen molar-refractivity contribution in [1.82, 2.24) is 10.2 Å². The molecule has 0 aliphatic carbocycles. The minimum Gasteiger partial charge on any atom is -0.483 e. The molecule has 0 spiro atoms. The Hall–Kier alpha value is -1.82. The zero-order valence-corrected chi connectivity index (χ0v) is 12.2. The molecule has 2 N–H and O–H groups in total. The molecule has 1 aromatic heterocycles. The minimum absolute atomic E-state index is 0.0554. The number of ether oxygens (including phenoxy) is 1. The molecule has 100 valence electrons. The quantitative estimate of drug-likeness (QED) is 0.909. The summed E-state index contributed by atoms with van der Waals surface area (Å²) in [4.78, 5) is 11.7. The average Bonchev–Trinajstić information content (AvgIpc) is 2.74. The summed E-state index contributed by atoms with van der Waals surface area (Å²) in [6, 6.07) is 5.69. The van der Waals surface area contributed by atoms with Crippen LogP contribution in [0.3, 0.4) is 0 Å². The molecule has 2 rings (SSSR count). The van der Waals surface area contributed by atoms with Crippen molar-refractivity contribution in [2.45, 2.75) is 13.8 Å². The van der Waals surface area contributed by atoms with E-state index in [0.29, 0.717) is 11.6 Å². The van der Waals surface area contributed by atoms with E-state index in [0.717, 1.165) is 15.6 Å². The molecule has 2 aromatic rings. The van der Waals surface area contributed by atoms with Crippen LogP contribution in [0.2, 0.25) is 0 Å². The van der Waals surface area contributed by atoms with Crippen LogP contribution in [0.4, 0.5) is 5.82 Å². The SMILES string of the molecule is Cc1ccc(OCC(=O)Nc2[nH]ncc2C)c(Br)c1. The summed E-state index contributed by atoms with van der Waals surface area (Å²) in [7, 11) is 0. The Labute approximate surface area is 119 Å². The lowest BCUT2D eigenvalue weighted by Crippen LogP contribution is -2.20. The molecule has 6 heteroatoms. The van der Waals surface area contributed by atoms with Crippen LogP contribution in [0, 0.1) is 13.8 Å². The van der Waals surface area contributed by atoms with Crippen LogP contribution in [0.25, 0.3) is 0 Å². The predicted octanol–water partition coefficient (Wildman–Crippen LogP) is 2.81. The summed E-state index contributed by atoms with van der Waals surface area (Å²) >= 11 is 3.40. The number of H-pyrrole nitrogens is 1. The highest BCUT2D eigenvalue weighted by atomic mass is 79.9. The number of carbonyl (C=O) groups is 1. The van der Waals surface area contributed by atoms with E-state index in [2.05, 4.69) is 31.4 Å². The first kappa shape index (κ1) is 13.6. The lowest BCUT2D eigenvalue weighted by molar-refractivity contribution is -0.118.